The lowest BCUT2D eigenvalue weighted by Gasteiger charge is -2.31. The first-order chi connectivity index (χ1) is 9.86. The first-order valence-electron chi connectivity index (χ1n) is 6.47. The third kappa shape index (κ3) is 3.20. The molecule has 1 fully saturated rings. The zero-order valence-electron chi connectivity index (χ0n) is 11.5. The van der Waals surface area contributed by atoms with Gasteiger partial charge in [0, 0.05) is 31.3 Å². The van der Waals surface area contributed by atoms with Crippen molar-refractivity contribution in [2.75, 3.05) is 20.1 Å². The Morgan fingerprint density at radius 3 is 2.81 bits per heavy atom. The molecule has 1 aromatic carbocycles. The minimum atomic E-state index is -4.08. The molecule has 1 aliphatic heterocycles. The van der Waals surface area contributed by atoms with Crippen molar-refractivity contribution in [1.29, 1.82) is 0 Å². The second-order valence-electron chi connectivity index (χ2n) is 4.86. The maximum atomic E-state index is 13.8. The fraction of sp³-hybridized carbons (Fsp3) is 0.500. The summed E-state index contributed by atoms with van der Waals surface area (Å²) in [6.45, 7) is 0.504. The lowest BCUT2D eigenvalue weighted by Crippen LogP contribution is -2.47. The van der Waals surface area contributed by atoms with Crippen LogP contribution in [0.1, 0.15) is 12.8 Å². The number of sulfonamides is 1. The van der Waals surface area contributed by atoms with E-state index in [1.54, 1.807) is 7.05 Å². The number of rotatable bonds is 4. The number of benzene rings is 1. The molecule has 1 saturated heterocycles. The van der Waals surface area contributed by atoms with Gasteiger partial charge in [0.2, 0.25) is 10.0 Å². The summed E-state index contributed by atoms with van der Waals surface area (Å²) in [7, 11) is -2.35. The van der Waals surface area contributed by atoms with Gasteiger partial charge in [-0.3, -0.25) is 10.1 Å². The molecule has 116 valence electrons. The van der Waals surface area contributed by atoms with Gasteiger partial charge in [-0.15, -0.1) is 0 Å². The molecule has 0 amide bonds. The predicted molar refractivity (Wildman–Crippen MR) is 73.9 cm³/mol. The Bertz CT molecular complexity index is 650. The summed E-state index contributed by atoms with van der Waals surface area (Å²) < 4.78 is 39.9. The van der Waals surface area contributed by atoms with Crippen molar-refractivity contribution in [3.63, 3.8) is 0 Å². The third-order valence-electron chi connectivity index (χ3n) is 3.54. The maximum absolute atomic E-state index is 13.8. The zero-order valence-corrected chi connectivity index (χ0v) is 12.3. The number of nitro benzene ring substituents is 1. The Kier molecular flexibility index (Phi) is 4.55. The molecule has 21 heavy (non-hydrogen) atoms. The molecule has 1 unspecified atom stereocenters. The molecule has 0 spiro atoms. The molecule has 1 N–H and O–H groups in total. The first-order valence-corrected chi connectivity index (χ1v) is 7.91. The smallest absolute Gasteiger partial charge is 0.270 e. The summed E-state index contributed by atoms with van der Waals surface area (Å²) in [6.07, 6.45) is 1.49. The van der Waals surface area contributed by atoms with Gasteiger partial charge in [0.25, 0.3) is 5.69 Å². The average molecular weight is 317 g/mol. The highest BCUT2D eigenvalue weighted by Gasteiger charge is 2.32. The largest absolute Gasteiger partial charge is 0.316 e. The van der Waals surface area contributed by atoms with E-state index in [2.05, 4.69) is 5.32 Å². The van der Waals surface area contributed by atoms with Gasteiger partial charge >= 0.3 is 0 Å². The molecule has 0 saturated carbocycles. The number of non-ortho nitro benzene ring substituents is 1. The number of hydrogen-bond donors (Lipinski definition) is 1. The van der Waals surface area contributed by atoms with Crippen molar-refractivity contribution in [3.8, 4) is 0 Å². The molecule has 0 aromatic heterocycles. The standard InChI is InChI=1S/C12H16FN3O4S/c1-14-9-3-2-6-15(8-9)21(19,20)12-7-10(16(17)18)4-5-11(12)13/h4-5,7,9,14H,2-3,6,8H2,1H3. The van der Waals surface area contributed by atoms with Crippen molar-refractivity contribution in [1.82, 2.24) is 9.62 Å². The Labute approximate surface area is 122 Å². The van der Waals surface area contributed by atoms with Gasteiger partial charge in [-0.1, -0.05) is 0 Å². The van der Waals surface area contributed by atoms with E-state index in [4.69, 9.17) is 0 Å². The van der Waals surface area contributed by atoms with Crippen molar-refractivity contribution in [2.24, 2.45) is 0 Å². The number of nitrogens with one attached hydrogen (secondary N) is 1. The predicted octanol–water partition coefficient (Wildman–Crippen LogP) is 1.11. The summed E-state index contributed by atoms with van der Waals surface area (Å²) in [5.74, 6) is -0.979. The number of nitrogens with zero attached hydrogens (tertiary/aromatic N) is 2. The summed E-state index contributed by atoms with van der Waals surface area (Å²) in [6, 6.07) is 2.52. The molecule has 1 aliphatic rings. The molecule has 0 bridgehead atoms. The molecule has 1 aromatic rings. The van der Waals surface area contributed by atoms with Gasteiger partial charge in [-0.25, -0.2) is 12.8 Å². The third-order valence-corrected chi connectivity index (χ3v) is 5.42. The normalized spacial score (nSPS) is 20.4. The first kappa shape index (κ1) is 15.8. The van der Waals surface area contributed by atoms with Gasteiger partial charge in [-0.05, 0) is 26.0 Å². The van der Waals surface area contributed by atoms with Crippen LogP contribution in [0.25, 0.3) is 0 Å². The van der Waals surface area contributed by atoms with Gasteiger partial charge in [0.1, 0.15) is 10.7 Å². The second-order valence-corrected chi connectivity index (χ2v) is 6.77. The van der Waals surface area contributed by atoms with Crippen LogP contribution in [0, 0.1) is 15.9 Å². The van der Waals surface area contributed by atoms with Gasteiger partial charge in [0.05, 0.1) is 4.92 Å². The van der Waals surface area contributed by atoms with Crippen LogP contribution in [0.5, 0.6) is 0 Å². The van der Waals surface area contributed by atoms with Crippen LogP contribution in [0.4, 0.5) is 10.1 Å². The Hall–Kier alpha value is -1.58. The van der Waals surface area contributed by atoms with E-state index in [-0.39, 0.29) is 19.1 Å². The van der Waals surface area contributed by atoms with Crippen LogP contribution in [0.3, 0.4) is 0 Å². The molecule has 7 nitrogen and oxygen atoms in total. The van der Waals surface area contributed by atoms with Gasteiger partial charge in [0.15, 0.2) is 0 Å². The molecule has 1 atom stereocenters. The fourth-order valence-electron chi connectivity index (χ4n) is 2.34. The van der Waals surface area contributed by atoms with Crippen LogP contribution >= 0.6 is 0 Å². The van der Waals surface area contributed by atoms with E-state index in [9.17, 15) is 22.9 Å². The Morgan fingerprint density at radius 1 is 1.48 bits per heavy atom. The van der Waals surface area contributed by atoms with Crippen LogP contribution in [-0.4, -0.2) is 43.8 Å². The van der Waals surface area contributed by atoms with Crippen molar-refractivity contribution >= 4 is 15.7 Å². The summed E-state index contributed by atoms with van der Waals surface area (Å²) >= 11 is 0. The average Bonchev–Trinajstić information content (AvgIpc) is 2.47. The lowest BCUT2D eigenvalue weighted by atomic mass is 10.1. The number of piperidine rings is 1. The van der Waals surface area contributed by atoms with Crippen LogP contribution < -0.4 is 5.32 Å². The Morgan fingerprint density at radius 2 is 2.19 bits per heavy atom. The molecule has 9 heteroatoms. The topological polar surface area (TPSA) is 92.6 Å². The van der Waals surface area contributed by atoms with Crippen LogP contribution in [0.2, 0.25) is 0 Å². The Balaban J connectivity index is 2.39. The van der Waals surface area contributed by atoms with E-state index < -0.39 is 31.3 Å². The van der Waals surface area contributed by atoms with Crippen LogP contribution in [-0.2, 0) is 10.0 Å². The highest BCUT2D eigenvalue weighted by Crippen LogP contribution is 2.26. The van der Waals surface area contributed by atoms with Crippen molar-refractivity contribution < 1.29 is 17.7 Å². The molecule has 1 heterocycles. The minimum absolute atomic E-state index is 0.00437. The highest BCUT2D eigenvalue weighted by atomic mass is 32.2. The second kappa shape index (κ2) is 6.04. The lowest BCUT2D eigenvalue weighted by molar-refractivity contribution is -0.385. The van der Waals surface area contributed by atoms with Gasteiger partial charge < -0.3 is 5.32 Å². The van der Waals surface area contributed by atoms with E-state index in [1.807, 2.05) is 0 Å². The maximum Gasteiger partial charge on any atom is 0.270 e. The van der Waals surface area contributed by atoms with E-state index in [0.29, 0.717) is 6.42 Å². The number of hydrogen-bond acceptors (Lipinski definition) is 5. The summed E-state index contributed by atoms with van der Waals surface area (Å²) in [4.78, 5) is 9.34. The van der Waals surface area contributed by atoms with Gasteiger partial charge in [-0.2, -0.15) is 4.31 Å². The number of likely N-dealkylation sites (N-methyl/N-ethyl adjacent to an activating group) is 1. The van der Waals surface area contributed by atoms with E-state index in [0.717, 1.165) is 24.6 Å². The van der Waals surface area contributed by atoms with Crippen molar-refractivity contribution in [3.05, 3.63) is 34.1 Å². The molecule has 0 radical (unpaired) electrons. The van der Waals surface area contributed by atoms with E-state index in [1.165, 1.54) is 4.31 Å². The monoisotopic (exact) mass is 317 g/mol. The highest BCUT2D eigenvalue weighted by molar-refractivity contribution is 7.89. The van der Waals surface area contributed by atoms with E-state index >= 15 is 0 Å². The fourth-order valence-corrected chi connectivity index (χ4v) is 3.95. The molecular weight excluding hydrogens is 301 g/mol. The zero-order chi connectivity index (χ0) is 15.6. The quantitative estimate of drug-likeness (QED) is 0.663. The van der Waals surface area contributed by atoms with Crippen LogP contribution in [0.15, 0.2) is 23.1 Å². The number of nitro groups is 1. The summed E-state index contributed by atoms with van der Waals surface area (Å²) in [5, 5.41) is 13.7. The van der Waals surface area contributed by atoms with Crippen molar-refractivity contribution in [2.45, 2.75) is 23.8 Å². The molecule has 2 rings (SSSR count). The number of halogens is 1. The molecular formula is C12H16FN3O4S. The minimum Gasteiger partial charge on any atom is -0.316 e. The summed E-state index contributed by atoms with van der Waals surface area (Å²) in [5.41, 5.74) is -0.447. The molecule has 0 aliphatic carbocycles. The SMILES string of the molecule is CNC1CCCN(S(=O)(=O)c2cc([N+](=O)[O-])ccc2F)C1.